The second kappa shape index (κ2) is 9.03. The predicted molar refractivity (Wildman–Crippen MR) is 106 cm³/mol. The second-order valence-electron chi connectivity index (χ2n) is 6.55. The molecule has 0 atom stereocenters. The van der Waals surface area contributed by atoms with E-state index in [9.17, 15) is 14.4 Å². The maximum atomic E-state index is 12.5. The molecule has 7 nitrogen and oxygen atoms in total. The number of carbonyl (C=O) groups is 3. The zero-order valence-electron chi connectivity index (χ0n) is 15.7. The molecule has 1 fully saturated rings. The van der Waals surface area contributed by atoms with Crippen LogP contribution in [0.15, 0.2) is 48.5 Å². The van der Waals surface area contributed by atoms with E-state index in [2.05, 4.69) is 15.4 Å². The lowest BCUT2D eigenvalue weighted by Gasteiger charge is -2.16. The first-order chi connectivity index (χ1) is 13.6. The van der Waals surface area contributed by atoms with Crippen molar-refractivity contribution in [2.45, 2.75) is 12.8 Å². The Morgan fingerprint density at radius 2 is 1.68 bits per heavy atom. The molecule has 7 heteroatoms. The van der Waals surface area contributed by atoms with Crippen molar-refractivity contribution in [2.24, 2.45) is 0 Å². The lowest BCUT2D eigenvalue weighted by atomic mass is 10.1. The Bertz CT molecular complexity index is 858. The summed E-state index contributed by atoms with van der Waals surface area (Å²) < 4.78 is 4.65. The molecule has 0 saturated carbocycles. The van der Waals surface area contributed by atoms with Crippen LogP contribution in [0.2, 0.25) is 0 Å². The summed E-state index contributed by atoms with van der Waals surface area (Å²) in [6.45, 7) is 1.63. The van der Waals surface area contributed by atoms with Crippen molar-refractivity contribution in [1.82, 2.24) is 4.90 Å². The van der Waals surface area contributed by atoms with Crippen LogP contribution in [0.3, 0.4) is 0 Å². The third kappa shape index (κ3) is 4.88. The van der Waals surface area contributed by atoms with E-state index in [1.54, 1.807) is 48.5 Å². The number of nitrogens with zero attached hydrogens (tertiary/aromatic N) is 1. The van der Waals surface area contributed by atoms with Crippen LogP contribution in [0.5, 0.6) is 0 Å². The number of methoxy groups -OCH3 is 1. The number of anilines is 2. The van der Waals surface area contributed by atoms with Gasteiger partial charge in [-0.3, -0.25) is 9.59 Å². The first-order valence-electron chi connectivity index (χ1n) is 9.18. The molecule has 0 aromatic heterocycles. The Balaban J connectivity index is 1.54. The van der Waals surface area contributed by atoms with Crippen LogP contribution in [0.4, 0.5) is 11.4 Å². The Hall–Kier alpha value is -3.35. The number of ether oxygens (including phenoxy) is 1. The zero-order chi connectivity index (χ0) is 19.9. The molecule has 3 rings (SSSR count). The Morgan fingerprint density at radius 3 is 2.36 bits per heavy atom. The van der Waals surface area contributed by atoms with Crippen molar-refractivity contribution in [3.63, 3.8) is 0 Å². The van der Waals surface area contributed by atoms with Crippen LogP contribution >= 0.6 is 0 Å². The highest BCUT2D eigenvalue weighted by atomic mass is 16.5. The molecule has 0 radical (unpaired) electrons. The first-order valence-corrected chi connectivity index (χ1v) is 9.18. The first kappa shape index (κ1) is 19.4. The summed E-state index contributed by atoms with van der Waals surface area (Å²) in [4.78, 5) is 37.9. The highest BCUT2D eigenvalue weighted by Crippen LogP contribution is 2.16. The standard InChI is InChI=1S/C21H23N3O4/c1-28-21(27)15-7-9-17(10-8-15)22-14-19(25)23-18-6-4-5-16(13-18)20(26)24-11-2-3-12-24/h4-10,13,22H,2-3,11-12,14H2,1H3,(H,23,25). The van der Waals surface area contributed by atoms with Crippen LogP contribution in [0.1, 0.15) is 33.6 Å². The number of nitrogens with one attached hydrogen (secondary N) is 2. The summed E-state index contributed by atoms with van der Waals surface area (Å²) >= 11 is 0. The fraction of sp³-hybridized carbons (Fsp3) is 0.286. The minimum Gasteiger partial charge on any atom is -0.465 e. The molecule has 0 unspecified atom stereocenters. The molecule has 2 N–H and O–H groups in total. The van der Waals surface area contributed by atoms with E-state index >= 15 is 0 Å². The average molecular weight is 381 g/mol. The van der Waals surface area contributed by atoms with E-state index in [0.29, 0.717) is 22.5 Å². The van der Waals surface area contributed by atoms with E-state index in [1.165, 1.54) is 7.11 Å². The average Bonchev–Trinajstić information content (AvgIpc) is 3.26. The summed E-state index contributed by atoms with van der Waals surface area (Å²) in [7, 11) is 1.33. The number of carbonyl (C=O) groups excluding carboxylic acids is 3. The molecule has 1 saturated heterocycles. The van der Waals surface area contributed by atoms with Crippen molar-refractivity contribution in [1.29, 1.82) is 0 Å². The number of rotatable bonds is 6. The van der Waals surface area contributed by atoms with Crippen LogP contribution in [0.25, 0.3) is 0 Å². The summed E-state index contributed by atoms with van der Waals surface area (Å²) in [6.07, 6.45) is 2.07. The SMILES string of the molecule is COC(=O)c1ccc(NCC(=O)Nc2cccc(C(=O)N3CCCC3)c2)cc1. The predicted octanol–water partition coefficient (Wildman–Crippen LogP) is 2.76. The molecule has 0 bridgehead atoms. The monoisotopic (exact) mass is 381 g/mol. The number of likely N-dealkylation sites (tertiary alicyclic amines) is 1. The van der Waals surface area contributed by atoms with Gasteiger partial charge in [0.25, 0.3) is 5.91 Å². The minimum absolute atomic E-state index is 0.00239. The molecular weight excluding hydrogens is 358 g/mol. The van der Waals surface area contributed by atoms with Crippen LogP contribution < -0.4 is 10.6 Å². The van der Waals surface area contributed by atoms with Crippen molar-refractivity contribution in [2.75, 3.05) is 37.4 Å². The van der Waals surface area contributed by atoms with Gasteiger partial charge in [-0.05, 0) is 55.3 Å². The number of esters is 1. The molecule has 1 aliphatic rings. The van der Waals surface area contributed by atoms with Gasteiger partial charge in [0.05, 0.1) is 19.2 Å². The maximum Gasteiger partial charge on any atom is 0.337 e. The molecule has 1 aliphatic heterocycles. The minimum atomic E-state index is -0.410. The smallest absolute Gasteiger partial charge is 0.337 e. The molecular formula is C21H23N3O4. The fourth-order valence-electron chi connectivity index (χ4n) is 3.06. The van der Waals surface area contributed by atoms with E-state index in [-0.39, 0.29) is 18.4 Å². The number of benzene rings is 2. The fourth-order valence-corrected chi connectivity index (χ4v) is 3.06. The number of hydrogen-bond acceptors (Lipinski definition) is 5. The summed E-state index contributed by atoms with van der Waals surface area (Å²) in [6, 6.07) is 13.6. The summed E-state index contributed by atoms with van der Waals surface area (Å²) in [5, 5.41) is 5.78. The molecule has 0 spiro atoms. The molecule has 1 heterocycles. The molecule has 2 aromatic carbocycles. The van der Waals surface area contributed by atoms with Gasteiger partial charge in [0.2, 0.25) is 5.91 Å². The van der Waals surface area contributed by atoms with Gasteiger partial charge < -0.3 is 20.3 Å². The van der Waals surface area contributed by atoms with Gasteiger partial charge in [-0.25, -0.2) is 4.79 Å². The van der Waals surface area contributed by atoms with Crippen molar-refractivity contribution in [3.8, 4) is 0 Å². The van der Waals surface area contributed by atoms with Gasteiger partial charge in [0.1, 0.15) is 0 Å². The molecule has 2 amide bonds. The maximum absolute atomic E-state index is 12.5. The lowest BCUT2D eigenvalue weighted by Crippen LogP contribution is -2.27. The Morgan fingerprint density at radius 1 is 0.964 bits per heavy atom. The van der Waals surface area contributed by atoms with Crippen LogP contribution in [-0.4, -0.2) is 49.4 Å². The van der Waals surface area contributed by atoms with E-state index in [0.717, 1.165) is 25.9 Å². The lowest BCUT2D eigenvalue weighted by molar-refractivity contribution is -0.114. The zero-order valence-corrected chi connectivity index (χ0v) is 15.7. The number of hydrogen-bond donors (Lipinski definition) is 2. The highest BCUT2D eigenvalue weighted by molar-refractivity contribution is 5.98. The third-order valence-corrected chi connectivity index (χ3v) is 4.55. The van der Waals surface area contributed by atoms with Gasteiger partial charge in [0.15, 0.2) is 0 Å². The molecule has 0 aliphatic carbocycles. The van der Waals surface area contributed by atoms with Crippen molar-refractivity contribution in [3.05, 3.63) is 59.7 Å². The normalized spacial score (nSPS) is 13.1. The molecule has 146 valence electrons. The quantitative estimate of drug-likeness (QED) is 0.752. The molecule has 28 heavy (non-hydrogen) atoms. The summed E-state index contributed by atoms with van der Waals surface area (Å²) in [5.41, 5.74) is 2.31. The Kier molecular flexibility index (Phi) is 6.26. The number of amides is 2. The van der Waals surface area contributed by atoms with E-state index in [4.69, 9.17) is 0 Å². The highest BCUT2D eigenvalue weighted by Gasteiger charge is 2.19. The van der Waals surface area contributed by atoms with E-state index < -0.39 is 5.97 Å². The largest absolute Gasteiger partial charge is 0.465 e. The Labute approximate surface area is 163 Å². The summed E-state index contributed by atoms with van der Waals surface area (Å²) in [5.74, 6) is -0.645. The topological polar surface area (TPSA) is 87.7 Å². The van der Waals surface area contributed by atoms with Crippen molar-refractivity contribution < 1.29 is 19.1 Å². The van der Waals surface area contributed by atoms with Gasteiger partial charge in [-0.1, -0.05) is 6.07 Å². The van der Waals surface area contributed by atoms with Gasteiger partial charge in [0, 0.05) is 30.0 Å². The van der Waals surface area contributed by atoms with E-state index in [1.807, 2.05) is 4.90 Å². The van der Waals surface area contributed by atoms with Crippen LogP contribution in [0, 0.1) is 0 Å². The molecule has 2 aromatic rings. The van der Waals surface area contributed by atoms with Gasteiger partial charge in [-0.2, -0.15) is 0 Å². The van der Waals surface area contributed by atoms with Crippen molar-refractivity contribution >= 4 is 29.2 Å². The van der Waals surface area contributed by atoms with Gasteiger partial charge >= 0.3 is 5.97 Å². The van der Waals surface area contributed by atoms with Crippen LogP contribution in [-0.2, 0) is 9.53 Å². The van der Waals surface area contributed by atoms with Gasteiger partial charge in [-0.15, -0.1) is 0 Å². The third-order valence-electron chi connectivity index (χ3n) is 4.55. The second-order valence-corrected chi connectivity index (χ2v) is 6.55.